The van der Waals surface area contributed by atoms with Crippen molar-refractivity contribution in [1.29, 1.82) is 0 Å². The van der Waals surface area contributed by atoms with Gasteiger partial charge in [0.25, 0.3) is 0 Å². The first kappa shape index (κ1) is 16.0. The van der Waals surface area contributed by atoms with Crippen LogP contribution in [0.25, 0.3) is 0 Å². The summed E-state index contributed by atoms with van der Waals surface area (Å²) in [7, 11) is 0. The van der Waals surface area contributed by atoms with Crippen molar-refractivity contribution in [1.82, 2.24) is 4.98 Å². The van der Waals surface area contributed by atoms with Gasteiger partial charge in [0.1, 0.15) is 13.2 Å². The summed E-state index contributed by atoms with van der Waals surface area (Å²) in [6, 6.07) is 8.58. The van der Waals surface area contributed by atoms with Crippen LogP contribution in [-0.2, 0) is 0 Å². The highest BCUT2D eigenvalue weighted by molar-refractivity contribution is 5.57. The average Bonchev–Trinajstić information content (AvgIpc) is 2.59. The number of nitro groups is 1. The van der Waals surface area contributed by atoms with Gasteiger partial charge in [0.15, 0.2) is 11.5 Å². The van der Waals surface area contributed by atoms with Crippen molar-refractivity contribution in [3.05, 3.63) is 52.2 Å². The molecule has 1 aromatic carbocycles. The number of fused-ring (bicyclic) bond motifs is 1. The minimum absolute atomic E-state index is 0.0410. The topological polar surface area (TPSA) is 86.5 Å². The Hall–Kier alpha value is -2.83. The van der Waals surface area contributed by atoms with Crippen LogP contribution in [-0.4, -0.2) is 23.1 Å². The average molecular weight is 329 g/mol. The summed E-state index contributed by atoms with van der Waals surface area (Å²) in [5.41, 5.74) is 0.926. The fraction of sp³-hybridized carbons (Fsp3) is 0.353. The van der Waals surface area contributed by atoms with Crippen LogP contribution >= 0.6 is 0 Å². The van der Waals surface area contributed by atoms with Gasteiger partial charge in [-0.15, -0.1) is 0 Å². The highest BCUT2D eigenvalue weighted by atomic mass is 16.6. The van der Waals surface area contributed by atoms with Gasteiger partial charge < -0.3 is 14.8 Å². The molecule has 0 amide bonds. The van der Waals surface area contributed by atoms with Crippen LogP contribution in [0.1, 0.15) is 25.5 Å². The maximum atomic E-state index is 11.2. The van der Waals surface area contributed by atoms with Crippen LogP contribution in [0.3, 0.4) is 0 Å². The summed E-state index contributed by atoms with van der Waals surface area (Å²) in [6.07, 6.45) is 1.54. The van der Waals surface area contributed by atoms with Crippen LogP contribution in [0.15, 0.2) is 36.5 Å². The molecule has 126 valence electrons. The monoisotopic (exact) mass is 329 g/mol. The number of ether oxygens (including phenoxy) is 2. The number of pyridine rings is 1. The molecule has 2 heterocycles. The summed E-state index contributed by atoms with van der Waals surface area (Å²) in [5, 5.41) is 14.4. The Bertz CT molecular complexity index is 748. The summed E-state index contributed by atoms with van der Waals surface area (Å²) in [4.78, 5) is 14.9. The van der Waals surface area contributed by atoms with Crippen LogP contribution < -0.4 is 14.8 Å². The van der Waals surface area contributed by atoms with E-state index in [4.69, 9.17) is 9.47 Å². The molecule has 7 nitrogen and oxygen atoms in total. The Morgan fingerprint density at radius 1 is 1.21 bits per heavy atom. The number of nitrogens with one attached hydrogen (secondary N) is 1. The van der Waals surface area contributed by atoms with E-state index in [9.17, 15) is 10.1 Å². The first-order valence-corrected chi connectivity index (χ1v) is 7.81. The minimum Gasteiger partial charge on any atom is -0.486 e. The molecule has 7 heteroatoms. The molecule has 0 saturated carbocycles. The lowest BCUT2D eigenvalue weighted by molar-refractivity contribution is -0.384. The van der Waals surface area contributed by atoms with E-state index in [1.54, 1.807) is 6.07 Å². The lowest BCUT2D eigenvalue weighted by atomic mass is 9.95. The first-order valence-electron chi connectivity index (χ1n) is 7.81. The van der Waals surface area contributed by atoms with Gasteiger partial charge in [-0.2, -0.15) is 0 Å². The van der Waals surface area contributed by atoms with Gasteiger partial charge in [-0.3, -0.25) is 10.1 Å². The second-order valence-corrected chi connectivity index (χ2v) is 5.90. The Kier molecular flexibility index (Phi) is 4.50. The van der Waals surface area contributed by atoms with Gasteiger partial charge in [-0.05, 0) is 29.7 Å². The second kappa shape index (κ2) is 6.74. The number of nitrogens with zero attached hydrogens (tertiary/aromatic N) is 2. The summed E-state index contributed by atoms with van der Waals surface area (Å²) >= 11 is 0. The zero-order valence-corrected chi connectivity index (χ0v) is 13.6. The van der Waals surface area contributed by atoms with Crippen LogP contribution in [0, 0.1) is 16.0 Å². The van der Waals surface area contributed by atoms with E-state index in [0.29, 0.717) is 19.0 Å². The lowest BCUT2D eigenvalue weighted by Crippen LogP contribution is -2.20. The number of hydrogen-bond donors (Lipinski definition) is 1. The van der Waals surface area contributed by atoms with Crippen molar-refractivity contribution in [2.45, 2.75) is 19.9 Å². The fourth-order valence-electron chi connectivity index (χ4n) is 2.69. The molecule has 1 N–H and O–H groups in total. The molecule has 1 unspecified atom stereocenters. The van der Waals surface area contributed by atoms with Gasteiger partial charge in [0.2, 0.25) is 5.82 Å². The third-order valence-electron chi connectivity index (χ3n) is 3.87. The molecule has 0 saturated heterocycles. The zero-order valence-electron chi connectivity index (χ0n) is 13.6. The molecule has 0 spiro atoms. The van der Waals surface area contributed by atoms with Gasteiger partial charge in [0, 0.05) is 12.3 Å². The van der Waals surface area contributed by atoms with E-state index in [1.165, 1.54) is 12.3 Å². The van der Waals surface area contributed by atoms with E-state index in [0.717, 1.165) is 11.3 Å². The smallest absolute Gasteiger partial charge is 0.311 e. The van der Waals surface area contributed by atoms with Crippen molar-refractivity contribution < 1.29 is 14.4 Å². The minimum atomic E-state index is -0.434. The molecule has 24 heavy (non-hydrogen) atoms. The van der Waals surface area contributed by atoms with Gasteiger partial charge >= 0.3 is 5.69 Å². The molecule has 1 aliphatic heterocycles. The zero-order chi connectivity index (χ0) is 17.1. The maximum absolute atomic E-state index is 11.2. The van der Waals surface area contributed by atoms with E-state index in [2.05, 4.69) is 10.3 Å². The quantitative estimate of drug-likeness (QED) is 0.666. The van der Waals surface area contributed by atoms with Gasteiger partial charge in [-0.25, -0.2) is 4.98 Å². The van der Waals surface area contributed by atoms with Crippen molar-refractivity contribution in [3.63, 3.8) is 0 Å². The Morgan fingerprint density at radius 3 is 2.67 bits per heavy atom. The number of anilines is 1. The largest absolute Gasteiger partial charge is 0.486 e. The van der Waals surface area contributed by atoms with Crippen molar-refractivity contribution >= 4 is 11.5 Å². The van der Waals surface area contributed by atoms with Crippen molar-refractivity contribution in [2.24, 2.45) is 5.92 Å². The first-order chi connectivity index (χ1) is 11.6. The molecule has 2 aromatic rings. The molecule has 3 rings (SSSR count). The predicted molar refractivity (Wildman–Crippen MR) is 89.5 cm³/mol. The molecule has 0 radical (unpaired) electrons. The summed E-state index contributed by atoms with van der Waals surface area (Å²) in [6.45, 7) is 5.15. The number of rotatable bonds is 5. The summed E-state index contributed by atoms with van der Waals surface area (Å²) < 4.78 is 11.2. The Balaban J connectivity index is 1.92. The van der Waals surface area contributed by atoms with Crippen molar-refractivity contribution in [2.75, 3.05) is 18.5 Å². The standard InChI is InChI=1S/C17H19N3O4/c1-11(2)16(19-17-13(20(21)22)4-3-7-18-17)12-5-6-14-15(10-12)24-9-8-23-14/h3-7,10-11,16H,8-9H2,1-2H3,(H,18,19). The number of aromatic nitrogens is 1. The summed E-state index contributed by atoms with van der Waals surface area (Å²) in [5.74, 6) is 1.86. The number of benzene rings is 1. The Morgan fingerprint density at radius 2 is 1.96 bits per heavy atom. The third kappa shape index (κ3) is 3.24. The highest BCUT2D eigenvalue weighted by Crippen LogP contribution is 2.36. The molecule has 0 fully saturated rings. The van der Waals surface area contributed by atoms with Crippen molar-refractivity contribution in [3.8, 4) is 11.5 Å². The van der Waals surface area contributed by atoms with E-state index >= 15 is 0 Å². The predicted octanol–water partition coefficient (Wildman–Crippen LogP) is 3.57. The van der Waals surface area contributed by atoms with E-state index in [-0.39, 0.29) is 23.5 Å². The number of hydrogen-bond acceptors (Lipinski definition) is 6. The van der Waals surface area contributed by atoms with Gasteiger partial charge in [0.05, 0.1) is 11.0 Å². The lowest BCUT2D eigenvalue weighted by Gasteiger charge is -2.25. The molecular formula is C17H19N3O4. The Labute approximate surface area is 139 Å². The molecule has 1 aromatic heterocycles. The van der Waals surface area contributed by atoms with Crippen LogP contribution in [0.2, 0.25) is 0 Å². The third-order valence-corrected chi connectivity index (χ3v) is 3.87. The van der Waals surface area contributed by atoms with Crippen LogP contribution in [0.5, 0.6) is 11.5 Å². The highest BCUT2D eigenvalue weighted by Gasteiger charge is 2.23. The van der Waals surface area contributed by atoms with E-state index < -0.39 is 4.92 Å². The van der Waals surface area contributed by atoms with Crippen LogP contribution in [0.4, 0.5) is 11.5 Å². The fourth-order valence-corrected chi connectivity index (χ4v) is 2.69. The SMILES string of the molecule is CC(C)C(Nc1ncccc1[N+](=O)[O-])c1ccc2c(c1)OCCO2. The van der Waals surface area contributed by atoms with E-state index in [1.807, 2.05) is 32.0 Å². The molecular weight excluding hydrogens is 310 g/mol. The molecule has 1 aliphatic rings. The second-order valence-electron chi connectivity index (χ2n) is 5.90. The molecule has 0 aliphatic carbocycles. The molecule has 0 bridgehead atoms. The maximum Gasteiger partial charge on any atom is 0.311 e. The molecule has 1 atom stereocenters. The normalized spacial score (nSPS) is 14.3. The van der Waals surface area contributed by atoms with Gasteiger partial charge in [-0.1, -0.05) is 19.9 Å².